The van der Waals surface area contributed by atoms with Crippen molar-refractivity contribution >= 4 is 23.5 Å². The number of ether oxygens (including phenoxy) is 1. The molecular weight excluding hydrogens is 464 g/mol. The van der Waals surface area contributed by atoms with Gasteiger partial charge in [-0.15, -0.1) is 0 Å². The summed E-state index contributed by atoms with van der Waals surface area (Å²) in [7, 11) is 0. The Morgan fingerprint density at radius 3 is 2.65 bits per heavy atom. The third-order valence-corrected chi connectivity index (χ3v) is 4.78. The van der Waals surface area contributed by atoms with Gasteiger partial charge in [0.15, 0.2) is 0 Å². The minimum absolute atomic E-state index is 0.0588. The first-order valence-corrected chi connectivity index (χ1v) is 11.0. The number of nitrogens with zero attached hydrogens (tertiary/aromatic N) is 4. The minimum Gasteiger partial charge on any atom is -0.489 e. The number of halogens is 1. The second kappa shape index (κ2) is 11.2. The molecule has 0 aliphatic rings. The summed E-state index contributed by atoms with van der Waals surface area (Å²) < 4.78 is 11.1. The standard InChI is InChI=1S/C22H27ClN6O5/c1-11(2)25-22-26-13(4)6-17(27-22)21-28-20(29-34-21)14-5-12(3)19(16(23)7-14)33-10-15(31)8-24-18(32)9-30/h5-7,11,15,30-31H,8-10H2,1-4H3,(H,24,32)(H,25,26,27). The lowest BCUT2D eigenvalue weighted by molar-refractivity contribution is -0.124. The van der Waals surface area contributed by atoms with Gasteiger partial charge < -0.3 is 30.1 Å². The van der Waals surface area contributed by atoms with Gasteiger partial charge in [-0.3, -0.25) is 4.79 Å². The fourth-order valence-corrected chi connectivity index (χ4v) is 3.34. The Balaban J connectivity index is 1.75. The van der Waals surface area contributed by atoms with Crippen molar-refractivity contribution in [3.63, 3.8) is 0 Å². The predicted molar refractivity (Wildman–Crippen MR) is 126 cm³/mol. The zero-order valence-electron chi connectivity index (χ0n) is 19.3. The number of rotatable bonds is 10. The van der Waals surface area contributed by atoms with Crippen LogP contribution in [0.3, 0.4) is 0 Å². The number of carbonyl (C=O) groups is 1. The van der Waals surface area contributed by atoms with Gasteiger partial charge in [-0.2, -0.15) is 4.98 Å². The molecule has 182 valence electrons. The molecule has 2 aromatic heterocycles. The summed E-state index contributed by atoms with van der Waals surface area (Å²) >= 11 is 6.41. The number of benzene rings is 1. The van der Waals surface area contributed by atoms with Crippen molar-refractivity contribution in [1.29, 1.82) is 0 Å². The number of anilines is 1. The highest BCUT2D eigenvalue weighted by Crippen LogP contribution is 2.34. The Kier molecular flexibility index (Phi) is 8.37. The van der Waals surface area contributed by atoms with E-state index in [1.807, 2.05) is 20.8 Å². The third kappa shape index (κ3) is 6.62. The van der Waals surface area contributed by atoms with Gasteiger partial charge in [0.1, 0.15) is 30.8 Å². The molecule has 1 unspecified atom stereocenters. The smallest absolute Gasteiger partial charge is 0.277 e. The van der Waals surface area contributed by atoms with Crippen molar-refractivity contribution in [2.45, 2.75) is 39.8 Å². The molecule has 1 aromatic carbocycles. The second-order valence-electron chi connectivity index (χ2n) is 7.97. The highest BCUT2D eigenvalue weighted by molar-refractivity contribution is 6.32. The van der Waals surface area contributed by atoms with Crippen LogP contribution in [0.25, 0.3) is 23.0 Å². The van der Waals surface area contributed by atoms with Gasteiger partial charge >= 0.3 is 0 Å². The zero-order chi connectivity index (χ0) is 24.8. The molecule has 0 saturated heterocycles. The Labute approximate surface area is 201 Å². The van der Waals surface area contributed by atoms with Crippen LogP contribution in [-0.4, -0.2) is 68.1 Å². The maximum Gasteiger partial charge on any atom is 0.277 e. The Morgan fingerprint density at radius 1 is 1.21 bits per heavy atom. The maximum absolute atomic E-state index is 11.1. The predicted octanol–water partition coefficient (Wildman–Crippen LogP) is 2.13. The largest absolute Gasteiger partial charge is 0.489 e. The summed E-state index contributed by atoms with van der Waals surface area (Å²) in [5.74, 6) is 0.852. The van der Waals surface area contributed by atoms with Gasteiger partial charge in [-0.05, 0) is 51.5 Å². The Bertz CT molecular complexity index is 1130. The SMILES string of the molecule is Cc1cc(-c2nc(-c3cc(C)c(OCC(O)CNC(=O)CO)c(Cl)c3)no2)nc(NC(C)C)n1. The average Bonchev–Trinajstić information content (AvgIpc) is 3.26. The number of hydrogen-bond donors (Lipinski definition) is 4. The van der Waals surface area contributed by atoms with Crippen LogP contribution in [0.2, 0.25) is 5.02 Å². The van der Waals surface area contributed by atoms with Crippen LogP contribution >= 0.6 is 11.6 Å². The van der Waals surface area contributed by atoms with E-state index in [-0.39, 0.29) is 25.1 Å². The van der Waals surface area contributed by atoms with Crippen LogP contribution in [-0.2, 0) is 4.79 Å². The molecule has 0 aliphatic carbocycles. The molecule has 12 heteroatoms. The molecule has 1 amide bonds. The first kappa shape index (κ1) is 25.3. The highest BCUT2D eigenvalue weighted by atomic mass is 35.5. The second-order valence-corrected chi connectivity index (χ2v) is 8.38. The minimum atomic E-state index is -0.975. The number of aryl methyl sites for hydroxylation is 2. The van der Waals surface area contributed by atoms with Crippen LogP contribution in [0, 0.1) is 13.8 Å². The van der Waals surface area contributed by atoms with Gasteiger partial charge in [0.25, 0.3) is 5.89 Å². The summed E-state index contributed by atoms with van der Waals surface area (Å²) in [6.07, 6.45) is -0.975. The fraction of sp³-hybridized carbons (Fsp3) is 0.409. The lowest BCUT2D eigenvalue weighted by Gasteiger charge is -2.16. The normalized spacial score (nSPS) is 12.0. The molecule has 2 heterocycles. The van der Waals surface area contributed by atoms with E-state index >= 15 is 0 Å². The number of aliphatic hydroxyl groups excluding tert-OH is 2. The molecule has 0 fully saturated rings. The molecule has 34 heavy (non-hydrogen) atoms. The van der Waals surface area contributed by atoms with Gasteiger partial charge in [0.05, 0.1) is 5.02 Å². The van der Waals surface area contributed by atoms with Crippen molar-refractivity contribution in [2.75, 3.05) is 25.1 Å². The van der Waals surface area contributed by atoms with Crippen molar-refractivity contribution in [3.05, 3.63) is 34.5 Å². The summed E-state index contributed by atoms with van der Waals surface area (Å²) in [6, 6.07) is 5.34. The van der Waals surface area contributed by atoms with Crippen molar-refractivity contribution in [3.8, 4) is 28.7 Å². The molecule has 11 nitrogen and oxygen atoms in total. The van der Waals surface area contributed by atoms with Crippen LogP contribution in [0.5, 0.6) is 5.75 Å². The quantitative estimate of drug-likeness (QED) is 0.332. The van der Waals surface area contributed by atoms with Gasteiger partial charge in [0.2, 0.25) is 17.7 Å². The zero-order valence-corrected chi connectivity index (χ0v) is 20.0. The summed E-state index contributed by atoms with van der Waals surface area (Å²) in [4.78, 5) is 24.3. The number of hydrogen-bond acceptors (Lipinski definition) is 10. The summed E-state index contributed by atoms with van der Waals surface area (Å²) in [5, 5.41) is 28.5. The molecular formula is C22H27ClN6O5. The first-order chi connectivity index (χ1) is 16.2. The Hall–Kier alpha value is -3.28. The van der Waals surface area contributed by atoms with Crippen molar-refractivity contribution < 1.29 is 24.3 Å². The van der Waals surface area contributed by atoms with Crippen LogP contribution in [0.1, 0.15) is 25.1 Å². The molecule has 0 aliphatic heterocycles. The topological polar surface area (TPSA) is 156 Å². The number of amides is 1. The maximum atomic E-state index is 11.1. The van der Waals surface area contributed by atoms with E-state index in [4.69, 9.17) is 26.0 Å². The van der Waals surface area contributed by atoms with Crippen molar-refractivity contribution in [1.82, 2.24) is 25.4 Å². The van der Waals surface area contributed by atoms with E-state index in [1.165, 1.54) is 0 Å². The molecule has 3 aromatic rings. The molecule has 3 rings (SSSR count). The molecule has 0 spiro atoms. The molecule has 1 atom stereocenters. The van der Waals surface area contributed by atoms with E-state index in [0.717, 1.165) is 5.69 Å². The Morgan fingerprint density at radius 2 is 1.97 bits per heavy atom. The summed E-state index contributed by atoms with van der Waals surface area (Å²) in [5.41, 5.74) is 2.57. The van der Waals surface area contributed by atoms with E-state index in [1.54, 1.807) is 25.1 Å². The van der Waals surface area contributed by atoms with E-state index in [0.29, 0.717) is 39.4 Å². The number of aromatic nitrogens is 4. The lowest BCUT2D eigenvalue weighted by atomic mass is 10.1. The molecule has 0 radical (unpaired) electrons. The number of aliphatic hydroxyl groups is 2. The van der Waals surface area contributed by atoms with Crippen LogP contribution < -0.4 is 15.4 Å². The van der Waals surface area contributed by atoms with Gasteiger partial charge in [-0.1, -0.05) is 16.8 Å². The lowest BCUT2D eigenvalue weighted by Crippen LogP contribution is -2.36. The molecule has 4 N–H and O–H groups in total. The molecule has 0 saturated carbocycles. The van der Waals surface area contributed by atoms with E-state index in [9.17, 15) is 9.90 Å². The van der Waals surface area contributed by atoms with E-state index in [2.05, 4.69) is 30.7 Å². The van der Waals surface area contributed by atoms with Crippen molar-refractivity contribution in [2.24, 2.45) is 0 Å². The van der Waals surface area contributed by atoms with E-state index < -0.39 is 18.6 Å². The average molecular weight is 491 g/mol. The van der Waals surface area contributed by atoms with Gasteiger partial charge in [0, 0.05) is 23.8 Å². The number of carbonyl (C=O) groups excluding carboxylic acids is 1. The monoisotopic (exact) mass is 490 g/mol. The van der Waals surface area contributed by atoms with Crippen LogP contribution in [0.4, 0.5) is 5.95 Å². The summed E-state index contributed by atoms with van der Waals surface area (Å²) in [6.45, 7) is 6.83. The first-order valence-electron chi connectivity index (χ1n) is 10.6. The van der Waals surface area contributed by atoms with Gasteiger partial charge in [-0.25, -0.2) is 9.97 Å². The van der Waals surface area contributed by atoms with Crippen LogP contribution in [0.15, 0.2) is 22.7 Å². The molecule has 0 bridgehead atoms. The third-order valence-electron chi connectivity index (χ3n) is 4.50. The fourth-order valence-electron chi connectivity index (χ4n) is 3.01. The number of nitrogens with one attached hydrogen (secondary N) is 2. The highest BCUT2D eigenvalue weighted by Gasteiger charge is 2.17.